The smallest absolute Gasteiger partial charge is 0.408 e. The minimum absolute atomic E-state index is 0.261. The Hall–Kier alpha value is -3.35. The fraction of sp³-hybridized carbons (Fsp3) is 0.545. The molecule has 0 aliphatic rings. The summed E-state index contributed by atoms with van der Waals surface area (Å²) in [6.45, 7) is 15.6. The maximum atomic E-state index is 14.0. The molecule has 7 nitrogen and oxygen atoms in total. The number of hydrogen-bond donors (Lipinski definition) is 2. The van der Waals surface area contributed by atoms with Crippen LogP contribution >= 0.6 is 0 Å². The predicted octanol–water partition coefficient (Wildman–Crippen LogP) is 7.31. The summed E-state index contributed by atoms with van der Waals surface area (Å²) in [5.41, 5.74) is 4.86. The van der Waals surface area contributed by atoms with Crippen molar-refractivity contribution in [1.82, 2.24) is 10.2 Å². The Morgan fingerprint density at radius 1 is 0.850 bits per heavy atom. The van der Waals surface area contributed by atoms with E-state index in [0.717, 1.165) is 65.6 Å². The first kappa shape index (κ1) is 32.9. The second kappa shape index (κ2) is 15.4. The molecule has 0 saturated carbocycles. The highest BCUT2D eigenvalue weighted by molar-refractivity contribution is 5.99. The maximum Gasteiger partial charge on any atom is 0.408 e. The van der Waals surface area contributed by atoms with E-state index >= 15 is 0 Å². The Kier molecular flexibility index (Phi) is 12.7. The van der Waals surface area contributed by atoms with Gasteiger partial charge >= 0.3 is 6.09 Å². The van der Waals surface area contributed by atoms with Gasteiger partial charge in [-0.25, -0.2) is 4.79 Å². The molecule has 7 heteroatoms. The molecule has 1 atom stereocenters. The number of carbonyl (C=O) groups excluding carboxylic acids is 3. The van der Waals surface area contributed by atoms with Crippen molar-refractivity contribution in [3.63, 3.8) is 0 Å². The molecule has 2 aromatic rings. The van der Waals surface area contributed by atoms with Gasteiger partial charge in [0.15, 0.2) is 0 Å². The second-order valence-electron chi connectivity index (χ2n) is 11.7. The first-order valence-corrected chi connectivity index (χ1v) is 14.5. The highest BCUT2D eigenvalue weighted by Gasteiger charge is 2.32. The molecule has 0 radical (unpaired) electrons. The number of carbonyl (C=O) groups is 3. The number of para-hydroxylation sites is 1. The number of anilines is 1. The molecule has 0 aliphatic heterocycles. The molecule has 40 heavy (non-hydrogen) atoms. The van der Waals surface area contributed by atoms with Crippen LogP contribution in [0.3, 0.4) is 0 Å². The molecule has 220 valence electrons. The summed E-state index contributed by atoms with van der Waals surface area (Å²) in [6.07, 6.45) is 5.64. The van der Waals surface area contributed by atoms with Gasteiger partial charge in [0.25, 0.3) is 5.91 Å². The molecule has 0 bridgehead atoms. The molecule has 0 aromatic heterocycles. The van der Waals surface area contributed by atoms with Crippen molar-refractivity contribution < 1.29 is 19.1 Å². The van der Waals surface area contributed by atoms with E-state index in [9.17, 15) is 14.4 Å². The number of rotatable bonds is 13. The van der Waals surface area contributed by atoms with Crippen molar-refractivity contribution in [3.05, 3.63) is 64.2 Å². The zero-order valence-corrected chi connectivity index (χ0v) is 25.8. The van der Waals surface area contributed by atoms with Gasteiger partial charge < -0.3 is 20.3 Å². The fourth-order valence-corrected chi connectivity index (χ4v) is 4.63. The van der Waals surface area contributed by atoms with Crippen molar-refractivity contribution in [3.8, 4) is 0 Å². The highest BCUT2D eigenvalue weighted by atomic mass is 16.6. The monoisotopic (exact) mass is 551 g/mol. The van der Waals surface area contributed by atoms with Crippen LogP contribution in [0.5, 0.6) is 0 Å². The molecule has 0 fully saturated rings. The lowest BCUT2D eigenvalue weighted by Gasteiger charge is -2.32. The predicted molar refractivity (Wildman–Crippen MR) is 163 cm³/mol. The third-order valence-electron chi connectivity index (χ3n) is 6.99. The van der Waals surface area contributed by atoms with Crippen LogP contribution in [-0.4, -0.2) is 41.5 Å². The van der Waals surface area contributed by atoms with Crippen LogP contribution in [0, 0.1) is 27.7 Å². The molecule has 3 amide bonds. The van der Waals surface area contributed by atoms with Gasteiger partial charge in [0.1, 0.15) is 18.2 Å². The van der Waals surface area contributed by atoms with Crippen LogP contribution in [0.15, 0.2) is 36.4 Å². The number of amides is 3. The standard InChI is InChI=1S/C33H49N3O4/c1-9-10-11-12-13-14-20-36(28(37)22-34-32(39)40-33(6,7)8)30(27-19-18-23(2)26(5)21-27)31(38)35-29-24(3)16-15-17-25(29)4/h15-19,21,30H,9-14,20,22H2,1-8H3,(H,34,39)(H,35,38). The van der Waals surface area contributed by atoms with Gasteiger partial charge in [-0.3, -0.25) is 9.59 Å². The van der Waals surface area contributed by atoms with Gasteiger partial charge in [-0.15, -0.1) is 0 Å². The van der Waals surface area contributed by atoms with Crippen LogP contribution in [0.25, 0.3) is 0 Å². The first-order chi connectivity index (χ1) is 18.8. The van der Waals surface area contributed by atoms with E-state index < -0.39 is 17.7 Å². The number of alkyl carbamates (subject to hydrolysis) is 1. The number of ether oxygens (including phenoxy) is 1. The third kappa shape index (κ3) is 10.3. The lowest BCUT2D eigenvalue weighted by Crippen LogP contribution is -2.47. The zero-order chi connectivity index (χ0) is 29.9. The summed E-state index contributed by atoms with van der Waals surface area (Å²) in [7, 11) is 0. The van der Waals surface area contributed by atoms with Gasteiger partial charge in [-0.1, -0.05) is 75.4 Å². The normalized spacial score (nSPS) is 12.0. The minimum atomic E-state index is -0.859. The number of hydrogen-bond acceptors (Lipinski definition) is 4. The molecule has 1 unspecified atom stereocenters. The van der Waals surface area contributed by atoms with Gasteiger partial charge in [0, 0.05) is 12.2 Å². The average Bonchev–Trinajstić information content (AvgIpc) is 2.87. The molecular formula is C33H49N3O4. The van der Waals surface area contributed by atoms with E-state index in [1.807, 2.05) is 64.1 Å². The summed E-state index contributed by atoms with van der Waals surface area (Å²) < 4.78 is 5.33. The minimum Gasteiger partial charge on any atom is -0.444 e. The van der Waals surface area contributed by atoms with Gasteiger partial charge in [0.2, 0.25) is 5.91 Å². The van der Waals surface area contributed by atoms with Crippen molar-refractivity contribution in [2.24, 2.45) is 0 Å². The van der Waals surface area contributed by atoms with Crippen LogP contribution in [0.1, 0.15) is 100 Å². The lowest BCUT2D eigenvalue weighted by molar-refractivity contribution is -0.138. The number of benzene rings is 2. The number of aryl methyl sites for hydroxylation is 4. The van der Waals surface area contributed by atoms with Crippen LogP contribution in [0.2, 0.25) is 0 Å². The number of unbranched alkanes of at least 4 members (excludes halogenated alkanes) is 5. The average molecular weight is 552 g/mol. The van der Waals surface area contributed by atoms with E-state index in [4.69, 9.17) is 4.74 Å². The molecular weight excluding hydrogens is 502 g/mol. The molecule has 0 spiro atoms. The van der Waals surface area contributed by atoms with Crippen molar-refractivity contribution in [1.29, 1.82) is 0 Å². The molecule has 0 saturated heterocycles. The van der Waals surface area contributed by atoms with Crippen molar-refractivity contribution in [2.75, 3.05) is 18.4 Å². The number of nitrogens with zero attached hydrogens (tertiary/aromatic N) is 1. The van der Waals surface area contributed by atoms with Gasteiger partial charge in [0.05, 0.1) is 0 Å². The summed E-state index contributed by atoms with van der Waals surface area (Å²) in [5.74, 6) is -0.614. The van der Waals surface area contributed by atoms with Crippen molar-refractivity contribution >= 4 is 23.6 Å². The topological polar surface area (TPSA) is 87.7 Å². The zero-order valence-electron chi connectivity index (χ0n) is 25.8. The Balaban J connectivity index is 2.41. The molecule has 0 aliphatic carbocycles. The quantitative estimate of drug-likeness (QED) is 0.255. The Bertz CT molecular complexity index is 1130. The fourth-order valence-electron chi connectivity index (χ4n) is 4.63. The van der Waals surface area contributed by atoms with Crippen LogP contribution < -0.4 is 10.6 Å². The summed E-state index contributed by atoms with van der Waals surface area (Å²) in [6, 6.07) is 10.9. The summed E-state index contributed by atoms with van der Waals surface area (Å²) in [5, 5.41) is 5.70. The Labute approximate surface area is 241 Å². The summed E-state index contributed by atoms with van der Waals surface area (Å²) >= 11 is 0. The SMILES string of the molecule is CCCCCCCCN(C(=O)CNC(=O)OC(C)(C)C)C(C(=O)Nc1c(C)cccc1C)c1ccc(C)c(C)c1. The third-order valence-corrected chi connectivity index (χ3v) is 6.99. The van der Waals surface area contributed by atoms with E-state index in [0.29, 0.717) is 6.54 Å². The lowest BCUT2D eigenvalue weighted by atomic mass is 9.98. The van der Waals surface area contributed by atoms with E-state index in [1.165, 1.54) is 6.42 Å². The Morgan fingerprint density at radius 3 is 2.08 bits per heavy atom. The largest absolute Gasteiger partial charge is 0.444 e. The second-order valence-corrected chi connectivity index (χ2v) is 11.7. The van der Waals surface area contributed by atoms with Crippen molar-refractivity contribution in [2.45, 2.75) is 106 Å². The van der Waals surface area contributed by atoms with Crippen LogP contribution in [-0.2, 0) is 14.3 Å². The van der Waals surface area contributed by atoms with Gasteiger partial charge in [-0.05, 0) is 82.7 Å². The van der Waals surface area contributed by atoms with Crippen LogP contribution in [0.4, 0.5) is 10.5 Å². The van der Waals surface area contributed by atoms with E-state index in [1.54, 1.807) is 25.7 Å². The molecule has 2 rings (SSSR count). The first-order valence-electron chi connectivity index (χ1n) is 14.5. The molecule has 2 aromatic carbocycles. The highest BCUT2D eigenvalue weighted by Crippen LogP contribution is 2.28. The Morgan fingerprint density at radius 2 is 1.48 bits per heavy atom. The number of nitrogens with one attached hydrogen (secondary N) is 2. The summed E-state index contributed by atoms with van der Waals surface area (Å²) in [4.78, 5) is 41.7. The molecule has 2 N–H and O–H groups in total. The maximum absolute atomic E-state index is 14.0. The van der Waals surface area contributed by atoms with E-state index in [-0.39, 0.29) is 18.4 Å². The molecule has 0 heterocycles. The van der Waals surface area contributed by atoms with E-state index in [2.05, 4.69) is 17.6 Å². The van der Waals surface area contributed by atoms with Gasteiger partial charge in [-0.2, -0.15) is 0 Å².